The van der Waals surface area contributed by atoms with Crippen LogP contribution in [0.1, 0.15) is 59.4 Å². The Bertz CT molecular complexity index is 1130. The van der Waals surface area contributed by atoms with Crippen LogP contribution in [0.5, 0.6) is 5.75 Å². The lowest BCUT2D eigenvalue weighted by Gasteiger charge is -2.28. The summed E-state index contributed by atoms with van der Waals surface area (Å²) in [6.45, 7) is 15.4. The summed E-state index contributed by atoms with van der Waals surface area (Å²) in [7, 11) is 0. The van der Waals surface area contributed by atoms with Gasteiger partial charge in [-0.1, -0.05) is 20.4 Å². The Labute approximate surface area is 195 Å². The van der Waals surface area contributed by atoms with Gasteiger partial charge in [0.1, 0.15) is 11.4 Å². The zero-order valence-corrected chi connectivity index (χ0v) is 20.8. The molecule has 5 heteroatoms. The number of carbonyl (C=O) groups excluding carboxylic acids is 1. The molecule has 2 aromatic heterocycles. The van der Waals surface area contributed by atoms with E-state index in [0.717, 1.165) is 30.0 Å². The SMILES string of the molecule is C=C(C)C(=O)OC(C)(C)CC(C)Oc1ccc2cc(-c3ccc(CC)nc3CC)sc2c1. The Morgan fingerprint density at radius 2 is 1.91 bits per heavy atom. The Morgan fingerprint density at radius 1 is 1.16 bits per heavy atom. The summed E-state index contributed by atoms with van der Waals surface area (Å²) < 4.78 is 12.9. The van der Waals surface area contributed by atoms with Gasteiger partial charge in [-0.25, -0.2) is 4.79 Å². The molecule has 0 aliphatic rings. The first-order chi connectivity index (χ1) is 15.1. The van der Waals surface area contributed by atoms with Crippen LogP contribution >= 0.6 is 11.3 Å². The van der Waals surface area contributed by atoms with Gasteiger partial charge in [0, 0.05) is 38.5 Å². The minimum Gasteiger partial charge on any atom is -0.491 e. The molecule has 1 aromatic carbocycles. The maximum absolute atomic E-state index is 11.9. The van der Waals surface area contributed by atoms with Gasteiger partial charge in [-0.05, 0) is 82.3 Å². The number of hydrogen-bond acceptors (Lipinski definition) is 5. The van der Waals surface area contributed by atoms with E-state index in [9.17, 15) is 4.79 Å². The fraction of sp³-hybridized carbons (Fsp3) is 0.407. The Morgan fingerprint density at radius 3 is 2.56 bits per heavy atom. The van der Waals surface area contributed by atoms with Crippen LogP contribution < -0.4 is 4.74 Å². The predicted molar refractivity (Wildman–Crippen MR) is 134 cm³/mol. The number of pyridine rings is 1. The molecule has 4 nitrogen and oxygen atoms in total. The minimum atomic E-state index is -0.635. The van der Waals surface area contributed by atoms with Crippen LogP contribution in [0.25, 0.3) is 20.5 Å². The highest BCUT2D eigenvalue weighted by atomic mass is 32.1. The van der Waals surface area contributed by atoms with Crippen molar-refractivity contribution in [2.45, 2.75) is 72.5 Å². The van der Waals surface area contributed by atoms with Gasteiger partial charge >= 0.3 is 5.97 Å². The van der Waals surface area contributed by atoms with Gasteiger partial charge in [-0.15, -0.1) is 11.3 Å². The standard InChI is InChI=1S/C27H33NO3S/c1-8-20-11-13-22(23(9-2)28-20)25-14-19-10-12-21(15-24(19)32-25)30-18(5)16-27(6,7)31-26(29)17(3)4/h10-15,18H,3,8-9,16H2,1-2,4-7H3. The molecule has 0 fully saturated rings. The van der Waals surface area contributed by atoms with E-state index in [1.807, 2.05) is 26.8 Å². The lowest BCUT2D eigenvalue weighted by atomic mass is 10.0. The van der Waals surface area contributed by atoms with E-state index in [-0.39, 0.29) is 12.1 Å². The maximum Gasteiger partial charge on any atom is 0.333 e. The number of benzene rings is 1. The Balaban J connectivity index is 1.76. The molecule has 0 amide bonds. The third-order valence-electron chi connectivity index (χ3n) is 5.32. The number of nitrogens with zero attached hydrogens (tertiary/aromatic N) is 1. The second-order valence-electron chi connectivity index (χ2n) is 8.88. The summed E-state index contributed by atoms with van der Waals surface area (Å²) in [5.41, 5.74) is 3.25. The Hall–Kier alpha value is -2.66. The lowest BCUT2D eigenvalue weighted by Crippen LogP contribution is -2.33. The van der Waals surface area contributed by atoms with Crippen LogP contribution in [0.3, 0.4) is 0 Å². The van der Waals surface area contributed by atoms with E-state index in [1.54, 1.807) is 18.3 Å². The summed E-state index contributed by atoms with van der Waals surface area (Å²) in [5.74, 6) is 0.443. The third-order valence-corrected chi connectivity index (χ3v) is 6.45. The molecule has 3 aromatic rings. The van der Waals surface area contributed by atoms with Crippen LogP contribution in [0.2, 0.25) is 0 Å². The molecule has 32 heavy (non-hydrogen) atoms. The van der Waals surface area contributed by atoms with Gasteiger partial charge in [0.2, 0.25) is 0 Å². The summed E-state index contributed by atoms with van der Waals surface area (Å²) in [5, 5.41) is 1.20. The van der Waals surface area contributed by atoms with Gasteiger partial charge in [-0.2, -0.15) is 0 Å². The first-order valence-corrected chi connectivity index (χ1v) is 12.0. The van der Waals surface area contributed by atoms with Crippen molar-refractivity contribution < 1.29 is 14.3 Å². The number of aromatic nitrogens is 1. The van der Waals surface area contributed by atoms with Crippen molar-refractivity contribution in [1.29, 1.82) is 0 Å². The fourth-order valence-electron chi connectivity index (χ4n) is 3.80. The quantitative estimate of drug-likeness (QED) is 0.256. The summed E-state index contributed by atoms with van der Waals surface area (Å²) in [4.78, 5) is 17.9. The molecule has 0 aliphatic carbocycles. The van der Waals surface area contributed by atoms with Crippen LogP contribution in [0.15, 0.2) is 48.6 Å². The van der Waals surface area contributed by atoms with E-state index in [1.165, 1.54) is 20.5 Å². The van der Waals surface area contributed by atoms with E-state index in [2.05, 4.69) is 50.8 Å². The number of fused-ring (bicyclic) bond motifs is 1. The van der Waals surface area contributed by atoms with Gasteiger partial charge in [0.05, 0.1) is 6.10 Å². The molecule has 0 aliphatic heterocycles. The average Bonchev–Trinajstić information content (AvgIpc) is 3.15. The van der Waals surface area contributed by atoms with E-state index in [0.29, 0.717) is 12.0 Å². The zero-order chi connectivity index (χ0) is 23.5. The van der Waals surface area contributed by atoms with Gasteiger partial charge in [0.15, 0.2) is 0 Å². The van der Waals surface area contributed by atoms with Crippen molar-refractivity contribution in [3.8, 4) is 16.2 Å². The van der Waals surface area contributed by atoms with Crippen molar-refractivity contribution in [2.75, 3.05) is 0 Å². The summed E-state index contributed by atoms with van der Waals surface area (Å²) in [6, 6.07) is 12.7. The third kappa shape index (κ3) is 5.77. The second-order valence-corrected chi connectivity index (χ2v) is 9.96. The van der Waals surface area contributed by atoms with Crippen molar-refractivity contribution in [3.63, 3.8) is 0 Å². The monoisotopic (exact) mass is 451 g/mol. The first kappa shape index (κ1) is 24.0. The van der Waals surface area contributed by atoms with Crippen molar-refractivity contribution >= 4 is 27.4 Å². The predicted octanol–water partition coefficient (Wildman–Crippen LogP) is 7.14. The smallest absolute Gasteiger partial charge is 0.333 e. The molecule has 170 valence electrons. The normalized spacial score (nSPS) is 12.6. The molecule has 3 rings (SSSR count). The largest absolute Gasteiger partial charge is 0.491 e. The highest BCUT2D eigenvalue weighted by Crippen LogP contribution is 2.37. The molecular formula is C27H33NO3S. The highest BCUT2D eigenvalue weighted by molar-refractivity contribution is 7.22. The van der Waals surface area contributed by atoms with Gasteiger partial charge in [0.25, 0.3) is 0 Å². The topological polar surface area (TPSA) is 48.4 Å². The molecule has 2 heterocycles. The second kappa shape index (κ2) is 9.86. The van der Waals surface area contributed by atoms with Gasteiger partial charge < -0.3 is 9.47 Å². The Kier molecular flexibility index (Phi) is 7.40. The number of aryl methyl sites for hydroxylation is 2. The van der Waals surface area contributed by atoms with E-state index < -0.39 is 5.60 Å². The minimum absolute atomic E-state index is 0.114. The fourth-order valence-corrected chi connectivity index (χ4v) is 4.94. The van der Waals surface area contributed by atoms with Crippen LogP contribution in [-0.2, 0) is 22.4 Å². The number of ether oxygens (including phenoxy) is 2. The van der Waals surface area contributed by atoms with Crippen LogP contribution in [-0.4, -0.2) is 22.7 Å². The number of esters is 1. The molecule has 1 atom stereocenters. The van der Waals surface area contributed by atoms with Crippen LogP contribution in [0.4, 0.5) is 0 Å². The molecule has 0 saturated heterocycles. The molecule has 0 saturated carbocycles. The lowest BCUT2D eigenvalue weighted by molar-refractivity contribution is -0.153. The molecule has 1 unspecified atom stereocenters. The number of rotatable bonds is 9. The first-order valence-electron chi connectivity index (χ1n) is 11.2. The summed E-state index contributed by atoms with van der Waals surface area (Å²) in [6.07, 6.45) is 2.32. The van der Waals surface area contributed by atoms with Crippen molar-refractivity contribution in [2.24, 2.45) is 0 Å². The van der Waals surface area contributed by atoms with E-state index >= 15 is 0 Å². The molecule has 0 bridgehead atoms. The van der Waals surface area contributed by atoms with Crippen molar-refractivity contribution in [1.82, 2.24) is 4.98 Å². The average molecular weight is 452 g/mol. The van der Waals surface area contributed by atoms with Gasteiger partial charge in [-0.3, -0.25) is 4.98 Å². The molecular weight excluding hydrogens is 418 g/mol. The zero-order valence-electron chi connectivity index (χ0n) is 20.0. The van der Waals surface area contributed by atoms with Crippen LogP contribution in [0, 0.1) is 0 Å². The number of carbonyl (C=O) groups is 1. The molecule has 0 spiro atoms. The highest BCUT2D eigenvalue weighted by Gasteiger charge is 2.27. The molecule has 0 radical (unpaired) electrons. The van der Waals surface area contributed by atoms with E-state index in [4.69, 9.17) is 14.5 Å². The molecule has 0 N–H and O–H groups in total. The number of thiophene rings is 1. The maximum atomic E-state index is 11.9. The van der Waals surface area contributed by atoms with Crippen molar-refractivity contribution in [3.05, 3.63) is 59.9 Å². The number of hydrogen-bond donors (Lipinski definition) is 0. The summed E-state index contributed by atoms with van der Waals surface area (Å²) >= 11 is 1.76.